The second-order valence-corrected chi connectivity index (χ2v) is 10.2. The first-order valence-electron chi connectivity index (χ1n) is 11.5. The number of hydrogen-bond donors (Lipinski definition) is 0. The molecule has 5 rings (SSSR count). The molecule has 4 aromatic rings. The van der Waals surface area contributed by atoms with Crippen LogP contribution >= 0.6 is 27.3 Å². The number of hydrazone groups is 1. The predicted octanol–water partition coefficient (Wildman–Crippen LogP) is 4.75. The number of carbonyl (C=O) groups excluding carboxylic acids is 3. The van der Waals surface area contributed by atoms with E-state index in [1.54, 1.807) is 36.4 Å². The number of imide groups is 1. The Bertz CT molecular complexity index is 1590. The van der Waals surface area contributed by atoms with Crippen molar-refractivity contribution in [1.82, 2.24) is 9.88 Å². The summed E-state index contributed by atoms with van der Waals surface area (Å²) in [4.78, 5) is 44.9. The second-order valence-electron chi connectivity index (χ2n) is 8.26. The maximum Gasteiger partial charge on any atom is 0.269 e. The van der Waals surface area contributed by atoms with Crippen molar-refractivity contribution in [3.63, 3.8) is 0 Å². The van der Waals surface area contributed by atoms with E-state index in [-0.39, 0.29) is 16.3 Å². The lowest BCUT2D eigenvalue weighted by Crippen LogP contribution is -2.41. The monoisotopic (exact) mass is 608 g/mol. The summed E-state index contributed by atoms with van der Waals surface area (Å²) in [6.45, 7) is -0.515. The van der Waals surface area contributed by atoms with Crippen LogP contribution in [0, 0.1) is 0 Å². The van der Waals surface area contributed by atoms with Crippen LogP contribution in [0.15, 0.2) is 64.2 Å². The molecule has 0 spiro atoms. The summed E-state index contributed by atoms with van der Waals surface area (Å²) in [6, 6.07) is 15.3. The molecule has 0 saturated carbocycles. The highest BCUT2D eigenvalue weighted by Gasteiger charge is 2.37. The fourth-order valence-electron chi connectivity index (χ4n) is 4.08. The van der Waals surface area contributed by atoms with Crippen LogP contribution in [0.4, 0.5) is 5.13 Å². The third kappa shape index (κ3) is 4.95. The van der Waals surface area contributed by atoms with Gasteiger partial charge in [0.1, 0.15) is 6.54 Å². The Labute approximate surface area is 235 Å². The minimum atomic E-state index is -0.619. The SMILES string of the molecule is COc1cc(/C=N/N(C(=O)CN2C(=O)c3ccccc3C2=O)c2nc3ccc(Br)cc3s2)cc(OC)c1OC. The first-order valence-corrected chi connectivity index (χ1v) is 13.1. The standard InChI is InChI=1S/C27H21BrN4O6S/c1-36-20-10-15(11-21(37-2)24(20)38-3)13-29-32(27-30-19-9-8-16(28)12-22(19)39-27)23(33)14-31-25(34)17-6-4-5-7-18(17)26(31)35/h4-13H,14H2,1-3H3/b29-13+. The molecule has 0 saturated heterocycles. The number of hydrogen-bond acceptors (Lipinski definition) is 9. The van der Waals surface area contributed by atoms with Gasteiger partial charge in [-0.2, -0.15) is 10.1 Å². The number of benzene rings is 3. The van der Waals surface area contributed by atoms with E-state index in [1.165, 1.54) is 38.9 Å². The van der Waals surface area contributed by atoms with E-state index in [2.05, 4.69) is 26.0 Å². The first-order chi connectivity index (χ1) is 18.8. The van der Waals surface area contributed by atoms with E-state index in [9.17, 15) is 14.4 Å². The van der Waals surface area contributed by atoms with Gasteiger partial charge in [-0.25, -0.2) is 4.98 Å². The van der Waals surface area contributed by atoms with Gasteiger partial charge in [0.15, 0.2) is 11.5 Å². The Balaban J connectivity index is 1.52. The Hall–Kier alpha value is -4.29. The summed E-state index contributed by atoms with van der Waals surface area (Å²) in [5, 5.41) is 5.78. The van der Waals surface area contributed by atoms with Gasteiger partial charge in [0.2, 0.25) is 10.9 Å². The highest BCUT2D eigenvalue weighted by atomic mass is 79.9. The van der Waals surface area contributed by atoms with E-state index in [0.717, 1.165) is 19.1 Å². The average Bonchev–Trinajstić information content (AvgIpc) is 3.46. The third-order valence-corrected chi connectivity index (χ3v) is 7.42. The molecule has 1 aromatic heterocycles. The zero-order valence-corrected chi connectivity index (χ0v) is 23.4. The summed E-state index contributed by atoms with van der Waals surface area (Å²) < 4.78 is 17.9. The number of anilines is 1. The quantitative estimate of drug-likeness (QED) is 0.161. The number of amides is 3. The van der Waals surface area contributed by atoms with Crippen molar-refractivity contribution in [2.24, 2.45) is 5.10 Å². The first kappa shape index (κ1) is 26.3. The van der Waals surface area contributed by atoms with Crippen LogP contribution in [0.3, 0.4) is 0 Å². The van der Waals surface area contributed by atoms with E-state index in [1.807, 2.05) is 18.2 Å². The summed E-state index contributed by atoms with van der Waals surface area (Å²) in [5.41, 5.74) is 1.73. The lowest BCUT2D eigenvalue weighted by Gasteiger charge is -2.18. The highest BCUT2D eigenvalue weighted by Crippen LogP contribution is 2.38. The molecule has 0 aliphatic carbocycles. The third-order valence-electron chi connectivity index (χ3n) is 5.94. The van der Waals surface area contributed by atoms with Crippen molar-refractivity contribution in [3.05, 3.63) is 75.8 Å². The molecule has 39 heavy (non-hydrogen) atoms. The smallest absolute Gasteiger partial charge is 0.269 e. The Morgan fingerprint density at radius 2 is 1.64 bits per heavy atom. The highest BCUT2D eigenvalue weighted by molar-refractivity contribution is 9.10. The number of rotatable bonds is 8. The van der Waals surface area contributed by atoms with Crippen LogP contribution in [-0.2, 0) is 4.79 Å². The Morgan fingerprint density at radius 1 is 1.00 bits per heavy atom. The molecule has 198 valence electrons. The zero-order chi connectivity index (χ0) is 27.7. The van der Waals surface area contributed by atoms with Gasteiger partial charge in [0.05, 0.1) is 48.9 Å². The Morgan fingerprint density at radius 3 is 2.23 bits per heavy atom. The summed E-state index contributed by atoms with van der Waals surface area (Å²) in [5.74, 6) is -0.464. The summed E-state index contributed by atoms with van der Waals surface area (Å²) in [6.07, 6.45) is 1.44. The molecule has 12 heteroatoms. The lowest BCUT2D eigenvalue weighted by atomic mass is 10.1. The lowest BCUT2D eigenvalue weighted by molar-refractivity contribution is -0.118. The predicted molar refractivity (Wildman–Crippen MR) is 150 cm³/mol. The van der Waals surface area contributed by atoms with E-state index < -0.39 is 24.3 Å². The average molecular weight is 609 g/mol. The minimum Gasteiger partial charge on any atom is -0.493 e. The van der Waals surface area contributed by atoms with Crippen LogP contribution in [0.2, 0.25) is 0 Å². The molecule has 0 unspecified atom stereocenters. The molecule has 2 heterocycles. The molecular formula is C27H21BrN4O6S. The molecule has 3 aromatic carbocycles. The van der Waals surface area contributed by atoms with Gasteiger partial charge in [-0.15, -0.1) is 0 Å². The molecule has 0 atom stereocenters. The summed E-state index contributed by atoms with van der Waals surface area (Å²) >= 11 is 4.69. The zero-order valence-electron chi connectivity index (χ0n) is 21.0. The van der Waals surface area contributed by atoms with Gasteiger partial charge in [-0.05, 0) is 42.5 Å². The number of carbonyl (C=O) groups is 3. The van der Waals surface area contributed by atoms with Crippen LogP contribution in [0.25, 0.3) is 10.2 Å². The van der Waals surface area contributed by atoms with Crippen LogP contribution in [-0.4, -0.2) is 61.7 Å². The van der Waals surface area contributed by atoms with Crippen LogP contribution in [0.1, 0.15) is 26.3 Å². The van der Waals surface area contributed by atoms with Gasteiger partial charge in [0, 0.05) is 10.0 Å². The number of thiazole rings is 1. The molecule has 3 amide bonds. The maximum atomic E-state index is 13.6. The van der Waals surface area contributed by atoms with Crippen molar-refractivity contribution in [3.8, 4) is 17.2 Å². The second kappa shape index (κ2) is 10.8. The minimum absolute atomic E-state index is 0.257. The van der Waals surface area contributed by atoms with Crippen LogP contribution < -0.4 is 19.2 Å². The number of methoxy groups -OCH3 is 3. The molecule has 1 aliphatic rings. The molecular weight excluding hydrogens is 588 g/mol. The van der Waals surface area contributed by atoms with Gasteiger partial charge in [-0.3, -0.25) is 19.3 Å². The van der Waals surface area contributed by atoms with Gasteiger partial charge < -0.3 is 14.2 Å². The summed E-state index contributed by atoms with van der Waals surface area (Å²) in [7, 11) is 4.49. The maximum absolute atomic E-state index is 13.6. The molecule has 0 radical (unpaired) electrons. The molecule has 0 bridgehead atoms. The number of halogens is 1. The fraction of sp³-hybridized carbons (Fsp3) is 0.148. The van der Waals surface area contributed by atoms with Crippen molar-refractivity contribution in [2.75, 3.05) is 32.9 Å². The Kier molecular flexibility index (Phi) is 7.31. The largest absolute Gasteiger partial charge is 0.493 e. The molecule has 0 fully saturated rings. The molecule has 10 nitrogen and oxygen atoms in total. The number of nitrogens with zero attached hydrogens (tertiary/aromatic N) is 4. The van der Waals surface area contributed by atoms with Gasteiger partial charge >= 0.3 is 0 Å². The van der Waals surface area contributed by atoms with Crippen LogP contribution in [0.5, 0.6) is 17.2 Å². The van der Waals surface area contributed by atoms with E-state index in [4.69, 9.17) is 14.2 Å². The fourth-order valence-corrected chi connectivity index (χ4v) is 5.58. The topological polar surface area (TPSA) is 111 Å². The van der Waals surface area contributed by atoms with Crippen molar-refractivity contribution < 1.29 is 28.6 Å². The van der Waals surface area contributed by atoms with Gasteiger partial charge in [0.25, 0.3) is 17.7 Å². The molecule has 0 N–H and O–H groups in total. The molecule has 1 aliphatic heterocycles. The van der Waals surface area contributed by atoms with Gasteiger partial charge in [-0.1, -0.05) is 39.4 Å². The van der Waals surface area contributed by atoms with Crippen molar-refractivity contribution >= 4 is 66.6 Å². The number of aromatic nitrogens is 1. The van der Waals surface area contributed by atoms with E-state index >= 15 is 0 Å². The van der Waals surface area contributed by atoms with E-state index in [0.29, 0.717) is 28.3 Å². The number of ether oxygens (including phenoxy) is 3. The number of fused-ring (bicyclic) bond motifs is 2. The van der Waals surface area contributed by atoms with Crippen molar-refractivity contribution in [1.29, 1.82) is 0 Å². The van der Waals surface area contributed by atoms with Crippen molar-refractivity contribution in [2.45, 2.75) is 0 Å². The normalized spacial score (nSPS) is 12.8.